The van der Waals surface area contributed by atoms with E-state index in [9.17, 15) is 5.11 Å². The summed E-state index contributed by atoms with van der Waals surface area (Å²) in [6, 6.07) is 0. The van der Waals surface area contributed by atoms with Crippen molar-refractivity contribution in [2.24, 2.45) is 11.8 Å². The van der Waals surface area contributed by atoms with Gasteiger partial charge in [-0.05, 0) is 37.6 Å². The van der Waals surface area contributed by atoms with E-state index in [1.807, 2.05) is 0 Å². The summed E-state index contributed by atoms with van der Waals surface area (Å²) in [6.07, 6.45) is 3.84. The Kier molecular flexibility index (Phi) is 4.90. The molecule has 0 aromatic carbocycles. The van der Waals surface area contributed by atoms with Crippen LogP contribution in [0.4, 0.5) is 0 Å². The predicted molar refractivity (Wildman–Crippen MR) is 60.3 cm³/mol. The van der Waals surface area contributed by atoms with Crippen LogP contribution in [0.25, 0.3) is 0 Å². The molecule has 1 aliphatic rings. The molecule has 1 N–H and O–H groups in total. The second-order valence-electron chi connectivity index (χ2n) is 5.01. The Morgan fingerprint density at radius 1 is 1.36 bits per heavy atom. The van der Waals surface area contributed by atoms with Gasteiger partial charge in [0.2, 0.25) is 0 Å². The van der Waals surface area contributed by atoms with Crippen molar-refractivity contribution in [2.45, 2.75) is 46.1 Å². The highest BCUT2D eigenvalue weighted by Gasteiger charge is 2.25. The zero-order chi connectivity index (χ0) is 10.6. The van der Waals surface area contributed by atoms with Crippen molar-refractivity contribution in [3.8, 4) is 0 Å². The highest BCUT2D eigenvalue weighted by molar-refractivity contribution is 4.78. The van der Waals surface area contributed by atoms with E-state index in [0.717, 1.165) is 19.0 Å². The third-order valence-electron chi connectivity index (χ3n) is 2.97. The number of aliphatic hydroxyl groups is 1. The van der Waals surface area contributed by atoms with E-state index >= 15 is 0 Å². The molecule has 1 aliphatic carbocycles. The van der Waals surface area contributed by atoms with Crippen molar-refractivity contribution in [1.82, 2.24) is 4.90 Å². The summed E-state index contributed by atoms with van der Waals surface area (Å²) in [7, 11) is 0. The summed E-state index contributed by atoms with van der Waals surface area (Å²) in [6.45, 7) is 9.60. The van der Waals surface area contributed by atoms with Gasteiger partial charge in [-0.2, -0.15) is 0 Å². The van der Waals surface area contributed by atoms with Crippen LogP contribution in [0.15, 0.2) is 0 Å². The van der Waals surface area contributed by atoms with Gasteiger partial charge in [0.1, 0.15) is 0 Å². The molecular formula is C12H25NO. The van der Waals surface area contributed by atoms with Gasteiger partial charge in [-0.1, -0.05) is 20.8 Å². The molecule has 0 bridgehead atoms. The summed E-state index contributed by atoms with van der Waals surface area (Å²) in [5.74, 6) is 1.31. The van der Waals surface area contributed by atoms with E-state index in [1.165, 1.54) is 25.8 Å². The summed E-state index contributed by atoms with van der Waals surface area (Å²) in [5.41, 5.74) is 0. The highest BCUT2D eigenvalue weighted by atomic mass is 16.3. The fraction of sp³-hybridized carbons (Fsp3) is 1.00. The van der Waals surface area contributed by atoms with Crippen LogP contribution in [0.5, 0.6) is 0 Å². The largest absolute Gasteiger partial charge is 0.392 e. The number of aliphatic hydroxyl groups excluding tert-OH is 1. The lowest BCUT2D eigenvalue weighted by Gasteiger charge is -2.26. The molecule has 2 nitrogen and oxygen atoms in total. The van der Waals surface area contributed by atoms with E-state index in [0.29, 0.717) is 5.92 Å². The lowest BCUT2D eigenvalue weighted by molar-refractivity contribution is 0.0743. The van der Waals surface area contributed by atoms with Gasteiger partial charge in [-0.3, -0.25) is 0 Å². The van der Waals surface area contributed by atoms with Crippen LogP contribution in [0.3, 0.4) is 0 Å². The molecule has 0 aromatic heterocycles. The molecule has 1 unspecified atom stereocenters. The lowest BCUT2D eigenvalue weighted by Crippen LogP contribution is -2.36. The minimum Gasteiger partial charge on any atom is -0.392 e. The molecule has 84 valence electrons. The van der Waals surface area contributed by atoms with E-state index < -0.39 is 0 Å². The number of hydrogen-bond donors (Lipinski definition) is 1. The van der Waals surface area contributed by atoms with Gasteiger partial charge in [0, 0.05) is 13.1 Å². The number of nitrogens with zero attached hydrogens (tertiary/aromatic N) is 1. The molecule has 0 saturated heterocycles. The number of rotatable bonds is 7. The molecule has 0 heterocycles. The maximum Gasteiger partial charge on any atom is 0.0689 e. The summed E-state index contributed by atoms with van der Waals surface area (Å²) >= 11 is 0. The minimum absolute atomic E-state index is 0.153. The van der Waals surface area contributed by atoms with Crippen LogP contribution >= 0.6 is 0 Å². The average molecular weight is 199 g/mol. The molecule has 1 saturated carbocycles. The Morgan fingerprint density at radius 3 is 2.43 bits per heavy atom. The van der Waals surface area contributed by atoms with Crippen LogP contribution < -0.4 is 0 Å². The Morgan fingerprint density at radius 2 is 2.00 bits per heavy atom. The Bertz CT molecular complexity index is 154. The van der Waals surface area contributed by atoms with Gasteiger partial charge in [0.15, 0.2) is 0 Å². The summed E-state index contributed by atoms with van der Waals surface area (Å²) in [5, 5.41) is 9.82. The fourth-order valence-corrected chi connectivity index (χ4v) is 1.71. The zero-order valence-corrected chi connectivity index (χ0v) is 9.87. The predicted octanol–water partition coefficient (Wildman–Crippen LogP) is 2.13. The molecule has 0 aromatic rings. The molecule has 1 rings (SSSR count). The van der Waals surface area contributed by atoms with Gasteiger partial charge in [-0.25, -0.2) is 0 Å². The first-order chi connectivity index (χ1) is 6.63. The van der Waals surface area contributed by atoms with Gasteiger partial charge in [-0.15, -0.1) is 0 Å². The Balaban J connectivity index is 2.25. The smallest absolute Gasteiger partial charge is 0.0689 e. The van der Waals surface area contributed by atoms with Crippen molar-refractivity contribution in [3.05, 3.63) is 0 Å². The molecule has 2 heteroatoms. The van der Waals surface area contributed by atoms with Crippen molar-refractivity contribution >= 4 is 0 Å². The van der Waals surface area contributed by atoms with Crippen LogP contribution in [0.2, 0.25) is 0 Å². The van der Waals surface area contributed by atoms with Gasteiger partial charge in [0.05, 0.1) is 6.10 Å². The molecule has 1 atom stereocenters. The van der Waals surface area contributed by atoms with E-state index in [-0.39, 0.29) is 6.10 Å². The van der Waals surface area contributed by atoms with Crippen LogP contribution in [0, 0.1) is 11.8 Å². The summed E-state index contributed by atoms with van der Waals surface area (Å²) < 4.78 is 0. The normalized spacial score (nSPS) is 19.3. The van der Waals surface area contributed by atoms with E-state index in [4.69, 9.17) is 0 Å². The van der Waals surface area contributed by atoms with Crippen LogP contribution in [-0.2, 0) is 0 Å². The topological polar surface area (TPSA) is 23.5 Å². The first-order valence-corrected chi connectivity index (χ1v) is 6.04. The molecule has 1 fully saturated rings. The Hall–Kier alpha value is -0.0800. The lowest BCUT2D eigenvalue weighted by atomic mass is 10.1. The zero-order valence-electron chi connectivity index (χ0n) is 9.87. The maximum atomic E-state index is 9.82. The van der Waals surface area contributed by atoms with Crippen molar-refractivity contribution < 1.29 is 5.11 Å². The third kappa shape index (κ3) is 4.43. The molecule has 0 radical (unpaired) electrons. The third-order valence-corrected chi connectivity index (χ3v) is 2.97. The van der Waals surface area contributed by atoms with Crippen LogP contribution in [-0.4, -0.2) is 35.7 Å². The molecule has 14 heavy (non-hydrogen) atoms. The van der Waals surface area contributed by atoms with Crippen molar-refractivity contribution in [3.63, 3.8) is 0 Å². The standard InChI is InChI=1S/C12H25NO/c1-4-7-13(8-11-5-6-11)9-12(14)10(2)3/h10-12,14H,4-9H2,1-3H3. The molecule has 0 aliphatic heterocycles. The van der Waals surface area contributed by atoms with Crippen LogP contribution in [0.1, 0.15) is 40.0 Å². The molecular weight excluding hydrogens is 174 g/mol. The molecule has 0 amide bonds. The first kappa shape index (κ1) is 12.0. The maximum absolute atomic E-state index is 9.82. The number of hydrogen-bond acceptors (Lipinski definition) is 2. The SMILES string of the molecule is CCCN(CC1CC1)CC(O)C(C)C. The van der Waals surface area contributed by atoms with Gasteiger partial charge in [0.25, 0.3) is 0 Å². The monoisotopic (exact) mass is 199 g/mol. The average Bonchev–Trinajstić information content (AvgIpc) is 2.88. The van der Waals surface area contributed by atoms with Crippen molar-refractivity contribution in [2.75, 3.05) is 19.6 Å². The van der Waals surface area contributed by atoms with Gasteiger partial charge >= 0.3 is 0 Å². The second kappa shape index (κ2) is 5.72. The van der Waals surface area contributed by atoms with E-state index in [2.05, 4.69) is 25.7 Å². The quantitative estimate of drug-likeness (QED) is 0.679. The van der Waals surface area contributed by atoms with E-state index in [1.54, 1.807) is 0 Å². The highest BCUT2D eigenvalue weighted by Crippen LogP contribution is 2.29. The molecule has 0 spiro atoms. The minimum atomic E-state index is -0.153. The van der Waals surface area contributed by atoms with Crippen molar-refractivity contribution in [1.29, 1.82) is 0 Å². The van der Waals surface area contributed by atoms with Gasteiger partial charge < -0.3 is 10.0 Å². The summed E-state index contributed by atoms with van der Waals surface area (Å²) in [4.78, 5) is 2.43. The fourth-order valence-electron chi connectivity index (χ4n) is 1.71. The second-order valence-corrected chi connectivity index (χ2v) is 5.01. The first-order valence-electron chi connectivity index (χ1n) is 6.04. The Labute approximate surface area is 88.3 Å².